The van der Waals surface area contributed by atoms with Crippen LogP contribution >= 0.6 is 23.2 Å². The third kappa shape index (κ3) is 4.06. The van der Waals surface area contributed by atoms with Crippen LogP contribution in [0.2, 0.25) is 10.0 Å². The van der Waals surface area contributed by atoms with Crippen LogP contribution in [0.1, 0.15) is 45.2 Å². The Morgan fingerprint density at radius 2 is 1.94 bits per heavy atom. The van der Waals surface area contributed by atoms with E-state index in [1.165, 1.54) is 0 Å². The first kappa shape index (κ1) is 14.6. The predicted octanol–water partition coefficient (Wildman–Crippen LogP) is 4.58. The van der Waals surface area contributed by atoms with Gasteiger partial charge >= 0.3 is 0 Å². The molecule has 0 fully saturated rings. The topological polar surface area (TPSA) is 35.2 Å². The summed E-state index contributed by atoms with van der Waals surface area (Å²) >= 11 is 12.2. The van der Waals surface area contributed by atoms with Crippen molar-refractivity contribution >= 4 is 23.2 Å². The van der Waals surface area contributed by atoms with Crippen molar-refractivity contribution in [2.45, 2.75) is 45.8 Å². The Hall–Kier alpha value is -0.440. The van der Waals surface area contributed by atoms with E-state index in [1.54, 1.807) is 6.07 Å². The molecule has 0 heterocycles. The summed E-state index contributed by atoms with van der Waals surface area (Å²) in [6.45, 7) is 6.01. The molecule has 1 atom stereocenters. The fourth-order valence-electron chi connectivity index (χ4n) is 1.68. The standard InChI is InChI=1S/C13H19Cl2NO/c1-4-5-12(16)10-6-9(14)7-11(15)13(10)17-8(2)3/h6-8,12H,4-5,16H2,1-3H3. The Morgan fingerprint density at radius 1 is 1.29 bits per heavy atom. The van der Waals surface area contributed by atoms with E-state index >= 15 is 0 Å². The van der Waals surface area contributed by atoms with Gasteiger partial charge in [0.2, 0.25) is 0 Å². The van der Waals surface area contributed by atoms with Crippen LogP contribution in [0.15, 0.2) is 12.1 Å². The molecule has 1 aromatic carbocycles. The van der Waals surface area contributed by atoms with Gasteiger partial charge < -0.3 is 10.5 Å². The van der Waals surface area contributed by atoms with Gasteiger partial charge in [0.1, 0.15) is 5.75 Å². The van der Waals surface area contributed by atoms with E-state index in [0.29, 0.717) is 15.8 Å². The summed E-state index contributed by atoms with van der Waals surface area (Å²) in [5.74, 6) is 0.659. The van der Waals surface area contributed by atoms with Crippen molar-refractivity contribution in [1.82, 2.24) is 0 Å². The molecule has 2 N–H and O–H groups in total. The lowest BCUT2D eigenvalue weighted by Crippen LogP contribution is -2.14. The second-order valence-corrected chi connectivity index (χ2v) is 5.21. The predicted molar refractivity (Wildman–Crippen MR) is 74.1 cm³/mol. The number of nitrogens with two attached hydrogens (primary N) is 1. The molecule has 0 aliphatic carbocycles. The molecule has 0 spiro atoms. The number of ether oxygens (including phenoxy) is 1. The number of halogens is 2. The van der Waals surface area contributed by atoms with Crippen LogP contribution in [0.4, 0.5) is 0 Å². The van der Waals surface area contributed by atoms with Crippen molar-refractivity contribution in [2.75, 3.05) is 0 Å². The quantitative estimate of drug-likeness (QED) is 0.854. The molecule has 1 aromatic rings. The Morgan fingerprint density at radius 3 is 2.47 bits per heavy atom. The normalized spacial score (nSPS) is 12.9. The largest absolute Gasteiger partial charge is 0.489 e. The van der Waals surface area contributed by atoms with Crippen LogP contribution in [0, 0.1) is 0 Å². The van der Waals surface area contributed by atoms with Crippen molar-refractivity contribution in [3.8, 4) is 5.75 Å². The molecular weight excluding hydrogens is 257 g/mol. The molecule has 96 valence electrons. The van der Waals surface area contributed by atoms with Crippen molar-refractivity contribution < 1.29 is 4.74 Å². The Labute approximate surface area is 113 Å². The van der Waals surface area contributed by atoms with Crippen molar-refractivity contribution in [1.29, 1.82) is 0 Å². The van der Waals surface area contributed by atoms with Crippen molar-refractivity contribution in [3.63, 3.8) is 0 Å². The summed E-state index contributed by atoms with van der Waals surface area (Å²) in [5, 5.41) is 1.11. The molecule has 0 amide bonds. The maximum atomic E-state index is 6.16. The number of rotatable bonds is 5. The number of hydrogen-bond acceptors (Lipinski definition) is 2. The van der Waals surface area contributed by atoms with Crippen LogP contribution in [-0.4, -0.2) is 6.10 Å². The van der Waals surface area contributed by atoms with Crippen molar-refractivity contribution in [2.24, 2.45) is 5.73 Å². The van der Waals surface area contributed by atoms with Gasteiger partial charge in [0.25, 0.3) is 0 Å². The molecule has 1 rings (SSSR count). The summed E-state index contributed by atoms with van der Waals surface area (Å²) in [4.78, 5) is 0. The third-order valence-electron chi connectivity index (χ3n) is 2.39. The average Bonchev–Trinajstić information content (AvgIpc) is 2.21. The summed E-state index contributed by atoms with van der Waals surface area (Å²) in [5.41, 5.74) is 7.01. The fraction of sp³-hybridized carbons (Fsp3) is 0.538. The zero-order chi connectivity index (χ0) is 13.0. The summed E-state index contributed by atoms with van der Waals surface area (Å²) in [7, 11) is 0. The molecule has 2 nitrogen and oxygen atoms in total. The molecule has 0 aromatic heterocycles. The maximum absolute atomic E-state index is 6.16. The Balaban J connectivity index is 3.15. The molecule has 0 aliphatic rings. The van der Waals surface area contributed by atoms with E-state index in [4.69, 9.17) is 33.7 Å². The van der Waals surface area contributed by atoms with E-state index in [2.05, 4.69) is 6.92 Å². The highest BCUT2D eigenvalue weighted by Crippen LogP contribution is 2.37. The zero-order valence-electron chi connectivity index (χ0n) is 10.5. The molecule has 0 saturated carbocycles. The van der Waals surface area contributed by atoms with E-state index in [-0.39, 0.29) is 12.1 Å². The molecule has 4 heteroatoms. The first-order valence-corrected chi connectivity index (χ1v) is 6.62. The molecule has 0 bridgehead atoms. The molecule has 0 aliphatic heterocycles. The third-order valence-corrected chi connectivity index (χ3v) is 2.89. The lowest BCUT2D eigenvalue weighted by molar-refractivity contribution is 0.238. The van der Waals surface area contributed by atoms with Gasteiger partial charge in [0, 0.05) is 16.6 Å². The summed E-state index contributed by atoms with van der Waals surface area (Å²) < 4.78 is 5.73. The highest BCUT2D eigenvalue weighted by Gasteiger charge is 2.17. The lowest BCUT2D eigenvalue weighted by Gasteiger charge is -2.20. The second-order valence-electron chi connectivity index (χ2n) is 4.37. The van der Waals surface area contributed by atoms with E-state index in [9.17, 15) is 0 Å². The number of hydrogen-bond donors (Lipinski definition) is 1. The number of benzene rings is 1. The minimum absolute atomic E-state index is 0.0567. The van der Waals surface area contributed by atoms with E-state index in [0.717, 1.165) is 18.4 Å². The molecule has 1 unspecified atom stereocenters. The van der Waals surface area contributed by atoms with Gasteiger partial charge in [0.15, 0.2) is 0 Å². The van der Waals surface area contributed by atoms with Gasteiger partial charge in [-0.25, -0.2) is 0 Å². The van der Waals surface area contributed by atoms with Crippen LogP contribution in [0.3, 0.4) is 0 Å². The van der Waals surface area contributed by atoms with Crippen molar-refractivity contribution in [3.05, 3.63) is 27.7 Å². The highest BCUT2D eigenvalue weighted by atomic mass is 35.5. The minimum Gasteiger partial charge on any atom is -0.489 e. The smallest absolute Gasteiger partial charge is 0.143 e. The molecule has 0 saturated heterocycles. The lowest BCUT2D eigenvalue weighted by atomic mass is 10.0. The first-order chi connectivity index (χ1) is 7.95. The minimum atomic E-state index is -0.0926. The SMILES string of the molecule is CCCC(N)c1cc(Cl)cc(Cl)c1OC(C)C. The van der Waals surface area contributed by atoms with Crippen LogP contribution in [-0.2, 0) is 0 Å². The Bertz CT molecular complexity index is 380. The Kier molecular flexibility index (Phi) is 5.57. The second kappa shape index (κ2) is 6.48. The van der Waals surface area contributed by atoms with Gasteiger partial charge in [-0.1, -0.05) is 36.5 Å². The monoisotopic (exact) mass is 275 g/mol. The van der Waals surface area contributed by atoms with Gasteiger partial charge in [0.05, 0.1) is 11.1 Å². The van der Waals surface area contributed by atoms with Crippen LogP contribution < -0.4 is 10.5 Å². The van der Waals surface area contributed by atoms with Gasteiger partial charge in [-0.3, -0.25) is 0 Å². The zero-order valence-corrected chi connectivity index (χ0v) is 12.0. The van der Waals surface area contributed by atoms with Crippen LogP contribution in [0.25, 0.3) is 0 Å². The first-order valence-electron chi connectivity index (χ1n) is 5.86. The maximum Gasteiger partial charge on any atom is 0.143 e. The fourth-order valence-corrected chi connectivity index (χ4v) is 2.24. The molecule has 0 radical (unpaired) electrons. The van der Waals surface area contributed by atoms with E-state index < -0.39 is 0 Å². The van der Waals surface area contributed by atoms with Crippen LogP contribution in [0.5, 0.6) is 5.75 Å². The molecule has 17 heavy (non-hydrogen) atoms. The van der Waals surface area contributed by atoms with Gasteiger partial charge in [-0.2, -0.15) is 0 Å². The molecular formula is C13H19Cl2NO. The average molecular weight is 276 g/mol. The summed E-state index contributed by atoms with van der Waals surface area (Å²) in [6.07, 6.45) is 1.94. The highest BCUT2D eigenvalue weighted by molar-refractivity contribution is 6.35. The van der Waals surface area contributed by atoms with Gasteiger partial charge in [-0.15, -0.1) is 0 Å². The van der Waals surface area contributed by atoms with Gasteiger partial charge in [-0.05, 0) is 32.4 Å². The van der Waals surface area contributed by atoms with E-state index in [1.807, 2.05) is 19.9 Å². The summed E-state index contributed by atoms with van der Waals surface area (Å²) in [6, 6.07) is 3.43.